The number of anilines is 2. The van der Waals surface area contributed by atoms with Crippen molar-refractivity contribution >= 4 is 33.2 Å². The maximum atomic E-state index is 13.2. The molecule has 1 heterocycles. The quantitative estimate of drug-likeness (QED) is 0.711. The van der Waals surface area contributed by atoms with Crippen molar-refractivity contribution in [2.45, 2.75) is 45.1 Å². The van der Waals surface area contributed by atoms with Crippen molar-refractivity contribution in [3.63, 3.8) is 0 Å². The number of sulfonamides is 1. The Bertz CT molecular complexity index is 1140. The SMILES string of the molecule is CCC1Oc2cc(S(=O)(=O)N(C)CC(=O)Nc3cc(C)ccc3C)c(C)cc2NC1=O. The molecule has 166 valence electrons. The Balaban J connectivity index is 1.81. The molecule has 2 amide bonds. The lowest BCUT2D eigenvalue weighted by Gasteiger charge is -2.27. The molecule has 0 bridgehead atoms. The van der Waals surface area contributed by atoms with Gasteiger partial charge in [-0.15, -0.1) is 0 Å². The predicted octanol–water partition coefficient (Wildman–Crippen LogP) is 2.98. The van der Waals surface area contributed by atoms with Gasteiger partial charge in [0.1, 0.15) is 5.75 Å². The minimum Gasteiger partial charge on any atom is -0.478 e. The zero-order chi connectivity index (χ0) is 22.9. The summed E-state index contributed by atoms with van der Waals surface area (Å²) in [6.45, 7) is 6.88. The summed E-state index contributed by atoms with van der Waals surface area (Å²) < 4.78 is 33.0. The summed E-state index contributed by atoms with van der Waals surface area (Å²) in [6, 6.07) is 8.64. The van der Waals surface area contributed by atoms with Crippen molar-refractivity contribution in [1.82, 2.24) is 4.31 Å². The number of carbonyl (C=O) groups excluding carboxylic acids is 2. The molecule has 31 heavy (non-hydrogen) atoms. The Morgan fingerprint density at radius 1 is 1.16 bits per heavy atom. The van der Waals surface area contributed by atoms with Crippen LogP contribution in [0.25, 0.3) is 0 Å². The number of ether oxygens (including phenoxy) is 1. The molecule has 0 aliphatic carbocycles. The summed E-state index contributed by atoms with van der Waals surface area (Å²) in [4.78, 5) is 24.5. The van der Waals surface area contributed by atoms with Gasteiger partial charge in [0.05, 0.1) is 17.1 Å². The van der Waals surface area contributed by atoms with Crippen LogP contribution in [0, 0.1) is 20.8 Å². The van der Waals surface area contributed by atoms with Gasteiger partial charge in [0, 0.05) is 18.8 Å². The topological polar surface area (TPSA) is 105 Å². The molecule has 0 aromatic heterocycles. The predicted molar refractivity (Wildman–Crippen MR) is 119 cm³/mol. The molecule has 2 aromatic rings. The van der Waals surface area contributed by atoms with Crippen molar-refractivity contribution in [2.24, 2.45) is 0 Å². The largest absolute Gasteiger partial charge is 0.478 e. The lowest BCUT2D eigenvalue weighted by Crippen LogP contribution is -2.37. The van der Waals surface area contributed by atoms with E-state index in [1.54, 1.807) is 13.0 Å². The third-order valence-corrected chi connectivity index (χ3v) is 7.13. The molecule has 2 N–H and O–H groups in total. The zero-order valence-corrected chi connectivity index (χ0v) is 19.1. The molecule has 8 nitrogen and oxygen atoms in total. The van der Waals surface area contributed by atoms with Gasteiger partial charge in [0.15, 0.2) is 6.10 Å². The standard InChI is InChI=1S/C22H27N3O5S/c1-6-18-22(27)24-17-10-15(4)20(11-19(17)30-18)31(28,29)25(5)12-21(26)23-16-9-13(2)7-8-14(16)3/h7-11,18H,6,12H2,1-5H3,(H,23,26)(H,24,27). The average Bonchev–Trinajstić information content (AvgIpc) is 2.69. The van der Waals surface area contributed by atoms with E-state index in [4.69, 9.17) is 4.74 Å². The van der Waals surface area contributed by atoms with Crippen LogP contribution in [-0.4, -0.2) is 44.2 Å². The number of amides is 2. The highest BCUT2D eigenvalue weighted by atomic mass is 32.2. The van der Waals surface area contributed by atoms with Crippen molar-refractivity contribution in [3.8, 4) is 5.75 Å². The van der Waals surface area contributed by atoms with Gasteiger partial charge in [-0.05, 0) is 56.0 Å². The Morgan fingerprint density at radius 3 is 2.55 bits per heavy atom. The molecule has 0 spiro atoms. The first-order chi connectivity index (χ1) is 14.5. The summed E-state index contributed by atoms with van der Waals surface area (Å²) in [7, 11) is -2.61. The van der Waals surface area contributed by atoms with Crippen LogP contribution in [0.15, 0.2) is 35.2 Å². The molecule has 1 unspecified atom stereocenters. The van der Waals surface area contributed by atoms with Crippen LogP contribution in [0.4, 0.5) is 11.4 Å². The number of benzene rings is 2. The fourth-order valence-corrected chi connectivity index (χ4v) is 4.69. The van der Waals surface area contributed by atoms with Crippen LogP contribution in [0.3, 0.4) is 0 Å². The van der Waals surface area contributed by atoms with Gasteiger partial charge in [-0.3, -0.25) is 9.59 Å². The Morgan fingerprint density at radius 2 is 1.87 bits per heavy atom. The van der Waals surface area contributed by atoms with Crippen LogP contribution in [-0.2, 0) is 19.6 Å². The Kier molecular flexibility index (Phi) is 6.38. The molecule has 0 saturated carbocycles. The molecule has 2 aromatic carbocycles. The molecule has 0 radical (unpaired) electrons. The lowest BCUT2D eigenvalue weighted by molar-refractivity contribution is -0.123. The van der Waals surface area contributed by atoms with Crippen molar-refractivity contribution < 1.29 is 22.7 Å². The minimum atomic E-state index is -3.97. The summed E-state index contributed by atoms with van der Waals surface area (Å²) in [5, 5.41) is 5.51. The van der Waals surface area contributed by atoms with Gasteiger partial charge in [-0.1, -0.05) is 19.1 Å². The molecule has 1 aliphatic heterocycles. The number of fused-ring (bicyclic) bond motifs is 1. The monoisotopic (exact) mass is 445 g/mol. The van der Waals surface area contributed by atoms with Crippen molar-refractivity contribution in [2.75, 3.05) is 24.2 Å². The highest BCUT2D eigenvalue weighted by Gasteiger charge is 2.31. The third-order valence-electron chi connectivity index (χ3n) is 5.19. The van der Waals surface area contributed by atoms with Gasteiger partial charge < -0.3 is 15.4 Å². The third kappa shape index (κ3) is 4.72. The summed E-state index contributed by atoms with van der Waals surface area (Å²) >= 11 is 0. The first-order valence-corrected chi connectivity index (χ1v) is 11.4. The second-order valence-electron chi connectivity index (χ2n) is 7.75. The first kappa shape index (κ1) is 22.8. The Hall–Kier alpha value is -2.91. The van der Waals surface area contributed by atoms with Crippen LogP contribution in [0.1, 0.15) is 30.0 Å². The zero-order valence-electron chi connectivity index (χ0n) is 18.3. The van der Waals surface area contributed by atoms with E-state index < -0.39 is 22.0 Å². The van der Waals surface area contributed by atoms with Gasteiger partial charge in [-0.2, -0.15) is 4.31 Å². The fraction of sp³-hybridized carbons (Fsp3) is 0.364. The maximum Gasteiger partial charge on any atom is 0.265 e. The van der Waals surface area contributed by atoms with Gasteiger partial charge in [-0.25, -0.2) is 8.42 Å². The molecular weight excluding hydrogens is 418 g/mol. The second-order valence-corrected chi connectivity index (χ2v) is 9.76. The molecule has 1 aliphatic rings. The van der Waals surface area contributed by atoms with E-state index in [0.29, 0.717) is 29.1 Å². The summed E-state index contributed by atoms with van der Waals surface area (Å²) in [5.41, 5.74) is 3.40. The molecule has 1 atom stereocenters. The highest BCUT2D eigenvalue weighted by Crippen LogP contribution is 2.35. The molecule has 9 heteroatoms. The number of nitrogens with one attached hydrogen (secondary N) is 2. The second kappa shape index (κ2) is 8.68. The van der Waals surface area contributed by atoms with E-state index in [1.807, 2.05) is 39.0 Å². The fourth-order valence-electron chi connectivity index (χ4n) is 3.35. The number of likely N-dealkylation sites (N-methyl/N-ethyl adjacent to an activating group) is 1. The van der Waals surface area contributed by atoms with Gasteiger partial charge in [0.2, 0.25) is 15.9 Å². The number of rotatable bonds is 6. The number of hydrogen-bond donors (Lipinski definition) is 2. The number of carbonyl (C=O) groups is 2. The lowest BCUT2D eigenvalue weighted by atomic mass is 10.1. The maximum absolute atomic E-state index is 13.2. The average molecular weight is 446 g/mol. The molecule has 0 fully saturated rings. The first-order valence-electron chi connectivity index (χ1n) is 9.98. The minimum absolute atomic E-state index is 0.0271. The smallest absolute Gasteiger partial charge is 0.265 e. The Labute approximate surface area is 182 Å². The van der Waals surface area contributed by atoms with Crippen LogP contribution >= 0.6 is 0 Å². The van der Waals surface area contributed by atoms with Crippen molar-refractivity contribution in [3.05, 3.63) is 47.0 Å². The molecular formula is C22H27N3O5S. The van der Waals surface area contributed by atoms with E-state index in [-0.39, 0.29) is 17.3 Å². The van der Waals surface area contributed by atoms with Crippen LogP contribution in [0.5, 0.6) is 5.75 Å². The van der Waals surface area contributed by atoms with E-state index >= 15 is 0 Å². The van der Waals surface area contributed by atoms with E-state index in [0.717, 1.165) is 15.4 Å². The molecule has 3 rings (SSSR count). The van der Waals surface area contributed by atoms with E-state index in [2.05, 4.69) is 10.6 Å². The number of hydrogen-bond acceptors (Lipinski definition) is 5. The van der Waals surface area contributed by atoms with E-state index in [9.17, 15) is 18.0 Å². The normalized spacial score (nSPS) is 15.8. The summed E-state index contributed by atoms with van der Waals surface area (Å²) in [5.74, 6) is -0.404. The number of nitrogens with zero attached hydrogens (tertiary/aromatic N) is 1. The highest BCUT2D eigenvalue weighted by molar-refractivity contribution is 7.89. The van der Waals surface area contributed by atoms with Gasteiger partial charge in [0.25, 0.3) is 5.91 Å². The van der Waals surface area contributed by atoms with Gasteiger partial charge >= 0.3 is 0 Å². The molecule has 0 saturated heterocycles. The van der Waals surface area contributed by atoms with Crippen molar-refractivity contribution in [1.29, 1.82) is 0 Å². The van der Waals surface area contributed by atoms with E-state index in [1.165, 1.54) is 13.1 Å². The number of aryl methyl sites for hydroxylation is 3. The summed E-state index contributed by atoms with van der Waals surface area (Å²) in [6.07, 6.45) is -0.216. The van der Waals surface area contributed by atoms with Crippen LogP contribution < -0.4 is 15.4 Å². The van der Waals surface area contributed by atoms with Crippen LogP contribution in [0.2, 0.25) is 0 Å².